The van der Waals surface area contributed by atoms with E-state index in [1.165, 1.54) is 70.6 Å². The second-order valence-corrected chi connectivity index (χ2v) is 4.52. The van der Waals surface area contributed by atoms with Crippen molar-refractivity contribution >= 4 is 0 Å². The minimum atomic E-state index is 1.32. The molecule has 0 nitrogen and oxygen atoms in total. The van der Waals surface area contributed by atoms with Crippen LogP contribution in [0.4, 0.5) is 0 Å². The third-order valence-corrected chi connectivity index (χ3v) is 2.87. The van der Waals surface area contributed by atoms with Gasteiger partial charge in [0.2, 0.25) is 0 Å². The maximum Gasteiger partial charge on any atom is -0.0351 e. The van der Waals surface area contributed by atoms with Crippen LogP contribution in [0.3, 0.4) is 0 Å². The van der Waals surface area contributed by atoms with Crippen molar-refractivity contribution in [2.75, 3.05) is 0 Å². The number of hydrogen-bond acceptors (Lipinski definition) is 0. The summed E-state index contributed by atoms with van der Waals surface area (Å²) < 4.78 is 0. The Morgan fingerprint density at radius 2 is 1.13 bits per heavy atom. The molecule has 0 fully saturated rings. The van der Waals surface area contributed by atoms with Crippen LogP contribution in [0.25, 0.3) is 0 Å². The summed E-state index contributed by atoms with van der Waals surface area (Å²) in [6.45, 7) is 4.51. The molecule has 0 saturated heterocycles. The van der Waals surface area contributed by atoms with Crippen LogP contribution in [0.5, 0.6) is 0 Å². The smallest absolute Gasteiger partial charge is 0.0351 e. The first-order chi connectivity index (χ1) is 7.41. The fourth-order valence-electron chi connectivity index (χ4n) is 1.79. The summed E-state index contributed by atoms with van der Waals surface area (Å²) in [4.78, 5) is 0. The van der Waals surface area contributed by atoms with Crippen molar-refractivity contribution in [2.45, 2.75) is 84.5 Å². The molecule has 0 unspecified atom stereocenters. The number of rotatable bonds is 5. The molecule has 1 rings (SSSR count). The second-order valence-electron chi connectivity index (χ2n) is 4.52. The third kappa shape index (κ3) is 13.7. The zero-order chi connectivity index (χ0) is 11.2. The predicted octanol–water partition coefficient (Wildman–Crippen LogP) is 5.87. The molecule has 1 aliphatic rings. The van der Waals surface area contributed by atoms with Crippen molar-refractivity contribution in [2.24, 2.45) is 0 Å². The Kier molecular flexibility index (Phi) is 13.5. The summed E-state index contributed by atoms with van der Waals surface area (Å²) >= 11 is 0. The molecular weight excluding hydrogens is 180 g/mol. The number of unbranched alkanes of at least 4 members (excludes halogenated alkanes) is 5. The van der Waals surface area contributed by atoms with Crippen molar-refractivity contribution in [3.63, 3.8) is 0 Å². The van der Waals surface area contributed by atoms with Crippen LogP contribution < -0.4 is 0 Å². The highest BCUT2D eigenvalue weighted by Crippen LogP contribution is 2.08. The van der Waals surface area contributed by atoms with Gasteiger partial charge in [0.05, 0.1) is 0 Å². The van der Waals surface area contributed by atoms with E-state index in [2.05, 4.69) is 26.0 Å². The first kappa shape index (κ1) is 14.7. The normalized spacial score (nSPS) is 15.3. The van der Waals surface area contributed by atoms with Gasteiger partial charge in [-0.3, -0.25) is 0 Å². The standard InChI is InChI=1S/C8H18.C7H12/c1-3-5-7-8-6-4-2;1-2-4-6-7-5-3-1/h3-8H2,1-2H3;1-2H,3-7H2. The summed E-state index contributed by atoms with van der Waals surface area (Å²) in [5.41, 5.74) is 0. The van der Waals surface area contributed by atoms with Gasteiger partial charge in [-0.1, -0.05) is 70.9 Å². The van der Waals surface area contributed by atoms with Crippen molar-refractivity contribution in [3.8, 4) is 0 Å². The maximum absolute atomic E-state index is 2.30. The molecular formula is C15H30. The highest BCUT2D eigenvalue weighted by atomic mass is 13.9. The first-order valence-electron chi connectivity index (χ1n) is 7.06. The predicted molar refractivity (Wildman–Crippen MR) is 71.3 cm³/mol. The molecule has 15 heavy (non-hydrogen) atoms. The third-order valence-electron chi connectivity index (χ3n) is 2.87. The van der Waals surface area contributed by atoms with Gasteiger partial charge >= 0.3 is 0 Å². The van der Waals surface area contributed by atoms with E-state index in [9.17, 15) is 0 Å². The van der Waals surface area contributed by atoms with Gasteiger partial charge in [-0.15, -0.1) is 0 Å². The Balaban J connectivity index is 0.000000262. The maximum atomic E-state index is 2.30. The molecule has 0 atom stereocenters. The van der Waals surface area contributed by atoms with E-state index >= 15 is 0 Å². The topological polar surface area (TPSA) is 0 Å². The Morgan fingerprint density at radius 3 is 1.53 bits per heavy atom. The molecule has 0 radical (unpaired) electrons. The lowest BCUT2D eigenvalue weighted by Gasteiger charge is -1.93. The molecule has 0 heteroatoms. The fraction of sp³-hybridized carbons (Fsp3) is 0.867. The van der Waals surface area contributed by atoms with Gasteiger partial charge in [-0.05, 0) is 25.7 Å². The molecule has 0 aromatic rings. The molecule has 0 aromatic heterocycles. The molecule has 0 aliphatic heterocycles. The SMILES string of the molecule is C1=CCCCCC1.CCCCCCCC. The molecule has 0 heterocycles. The van der Waals surface area contributed by atoms with E-state index in [1.54, 1.807) is 0 Å². The van der Waals surface area contributed by atoms with Gasteiger partial charge in [0, 0.05) is 0 Å². The average molecular weight is 210 g/mol. The lowest BCUT2D eigenvalue weighted by Crippen LogP contribution is -1.73. The van der Waals surface area contributed by atoms with Gasteiger partial charge in [0.15, 0.2) is 0 Å². The summed E-state index contributed by atoms with van der Waals surface area (Å²) in [6, 6.07) is 0. The Morgan fingerprint density at radius 1 is 0.667 bits per heavy atom. The van der Waals surface area contributed by atoms with Crippen LogP contribution >= 0.6 is 0 Å². The summed E-state index contributed by atoms with van der Waals surface area (Å²) in [5.74, 6) is 0. The zero-order valence-corrected chi connectivity index (χ0v) is 10.9. The molecule has 90 valence electrons. The minimum absolute atomic E-state index is 1.32. The van der Waals surface area contributed by atoms with Crippen LogP contribution in [-0.2, 0) is 0 Å². The van der Waals surface area contributed by atoms with E-state index in [0.717, 1.165) is 0 Å². The van der Waals surface area contributed by atoms with Gasteiger partial charge in [0.1, 0.15) is 0 Å². The average Bonchev–Trinajstić information content (AvgIpc) is 2.57. The molecule has 0 saturated carbocycles. The van der Waals surface area contributed by atoms with Gasteiger partial charge in [-0.25, -0.2) is 0 Å². The molecule has 0 N–H and O–H groups in total. The highest BCUT2D eigenvalue weighted by Gasteiger charge is 1.88. The molecule has 1 aliphatic carbocycles. The quantitative estimate of drug-likeness (QED) is 0.393. The van der Waals surface area contributed by atoms with Crippen LogP contribution in [0.2, 0.25) is 0 Å². The van der Waals surface area contributed by atoms with E-state index in [-0.39, 0.29) is 0 Å². The van der Waals surface area contributed by atoms with Gasteiger partial charge in [0.25, 0.3) is 0 Å². The zero-order valence-electron chi connectivity index (χ0n) is 10.9. The fourth-order valence-corrected chi connectivity index (χ4v) is 1.79. The monoisotopic (exact) mass is 210 g/mol. The summed E-state index contributed by atoms with van der Waals surface area (Å²) in [7, 11) is 0. The number of hydrogen-bond donors (Lipinski definition) is 0. The molecule has 0 aromatic carbocycles. The highest BCUT2D eigenvalue weighted by molar-refractivity contribution is 4.83. The largest absolute Gasteiger partial charge is 0.0885 e. The number of allylic oxidation sites excluding steroid dienone is 2. The van der Waals surface area contributed by atoms with Crippen molar-refractivity contribution < 1.29 is 0 Å². The Hall–Kier alpha value is -0.260. The second kappa shape index (κ2) is 13.7. The molecule has 0 bridgehead atoms. The Labute approximate surface area is 97.2 Å². The molecule has 0 amide bonds. The lowest BCUT2D eigenvalue weighted by atomic mass is 10.1. The Bertz CT molecular complexity index is 110. The van der Waals surface area contributed by atoms with E-state index in [0.29, 0.717) is 0 Å². The minimum Gasteiger partial charge on any atom is -0.0885 e. The van der Waals surface area contributed by atoms with E-state index in [4.69, 9.17) is 0 Å². The van der Waals surface area contributed by atoms with Gasteiger partial charge < -0.3 is 0 Å². The molecule has 0 spiro atoms. The van der Waals surface area contributed by atoms with Crippen molar-refractivity contribution in [1.29, 1.82) is 0 Å². The van der Waals surface area contributed by atoms with Crippen molar-refractivity contribution in [3.05, 3.63) is 12.2 Å². The lowest BCUT2D eigenvalue weighted by molar-refractivity contribution is 0.624. The first-order valence-corrected chi connectivity index (χ1v) is 7.06. The van der Waals surface area contributed by atoms with Crippen LogP contribution in [0, 0.1) is 0 Å². The van der Waals surface area contributed by atoms with Crippen molar-refractivity contribution in [1.82, 2.24) is 0 Å². The van der Waals surface area contributed by atoms with E-state index in [1.807, 2.05) is 0 Å². The summed E-state index contributed by atoms with van der Waals surface area (Å²) in [6.07, 6.45) is 20.0. The van der Waals surface area contributed by atoms with Crippen LogP contribution in [0.15, 0.2) is 12.2 Å². The summed E-state index contributed by atoms with van der Waals surface area (Å²) in [5, 5.41) is 0. The van der Waals surface area contributed by atoms with Crippen LogP contribution in [-0.4, -0.2) is 0 Å². The van der Waals surface area contributed by atoms with Gasteiger partial charge in [-0.2, -0.15) is 0 Å². The van der Waals surface area contributed by atoms with E-state index < -0.39 is 0 Å². The van der Waals surface area contributed by atoms with Crippen LogP contribution in [0.1, 0.15) is 84.5 Å².